The van der Waals surface area contributed by atoms with Gasteiger partial charge in [0.1, 0.15) is 12.2 Å². The molecule has 0 radical (unpaired) electrons. The Kier molecular flexibility index (Phi) is 7.03. The third kappa shape index (κ3) is 5.52. The number of hydrogen-bond donors (Lipinski definition) is 0. The number of rotatable bonds is 7. The summed E-state index contributed by atoms with van der Waals surface area (Å²) in [5.74, 6) is -0.0268. The molecule has 166 valence electrons. The highest BCUT2D eigenvalue weighted by molar-refractivity contribution is 5.77. The molecule has 0 unspecified atom stereocenters. The van der Waals surface area contributed by atoms with Crippen molar-refractivity contribution in [2.75, 3.05) is 46.6 Å². The van der Waals surface area contributed by atoms with E-state index in [9.17, 15) is 9.59 Å². The smallest absolute Gasteiger partial charge is 0.410 e. The van der Waals surface area contributed by atoms with Gasteiger partial charge in [0, 0.05) is 39.6 Å². The molecule has 3 rings (SSSR count). The fourth-order valence-electron chi connectivity index (χ4n) is 3.96. The zero-order valence-corrected chi connectivity index (χ0v) is 18.6. The van der Waals surface area contributed by atoms with Crippen molar-refractivity contribution in [3.63, 3.8) is 0 Å². The maximum Gasteiger partial charge on any atom is 0.410 e. The molecule has 2 fully saturated rings. The van der Waals surface area contributed by atoms with Crippen molar-refractivity contribution in [3.8, 4) is 0 Å². The highest BCUT2D eigenvalue weighted by atomic mass is 16.6. The van der Waals surface area contributed by atoms with Crippen LogP contribution in [-0.4, -0.2) is 74.0 Å². The molecule has 1 aromatic carbocycles. The number of piperidine rings is 1. The topological polar surface area (TPSA) is 68.3 Å². The molecule has 0 N–H and O–H groups in total. The molecule has 2 aliphatic heterocycles. The highest BCUT2D eigenvalue weighted by Gasteiger charge is 2.47. The van der Waals surface area contributed by atoms with Gasteiger partial charge in [-0.2, -0.15) is 0 Å². The van der Waals surface area contributed by atoms with Crippen LogP contribution in [0.5, 0.6) is 0 Å². The standard InChI is InChI=1S/C23H34N2O5/c1-22(2,3)19-7-5-18(6-8-19)15-25-17-23(30-21(25)27)9-11-24(12-10-23)20(26)16-29-14-13-28-4/h5-8H,9-17H2,1-4H3. The van der Waals surface area contributed by atoms with E-state index in [-0.39, 0.29) is 24.0 Å². The van der Waals surface area contributed by atoms with Crippen LogP contribution in [0.4, 0.5) is 4.79 Å². The molecule has 1 spiro atoms. The van der Waals surface area contributed by atoms with Gasteiger partial charge in [0.15, 0.2) is 0 Å². The lowest BCUT2D eigenvalue weighted by Gasteiger charge is -2.37. The van der Waals surface area contributed by atoms with E-state index in [1.54, 1.807) is 16.9 Å². The number of hydrogen-bond acceptors (Lipinski definition) is 5. The largest absolute Gasteiger partial charge is 0.441 e. The molecule has 2 amide bonds. The molecule has 0 aromatic heterocycles. The SMILES string of the molecule is COCCOCC(=O)N1CCC2(CC1)CN(Cc1ccc(C(C)(C)C)cc1)C(=O)O2. The molecule has 2 saturated heterocycles. The van der Waals surface area contributed by atoms with Crippen molar-refractivity contribution in [1.82, 2.24) is 9.80 Å². The molecule has 0 aliphatic carbocycles. The van der Waals surface area contributed by atoms with Gasteiger partial charge in [0.25, 0.3) is 0 Å². The van der Waals surface area contributed by atoms with Gasteiger partial charge in [-0.05, 0) is 16.5 Å². The van der Waals surface area contributed by atoms with Gasteiger partial charge in [-0.15, -0.1) is 0 Å². The van der Waals surface area contributed by atoms with Crippen LogP contribution in [0.15, 0.2) is 24.3 Å². The molecule has 1 aromatic rings. The normalized spacial score (nSPS) is 18.7. The van der Waals surface area contributed by atoms with Crippen LogP contribution in [-0.2, 0) is 31.0 Å². The van der Waals surface area contributed by atoms with E-state index in [1.165, 1.54) is 5.56 Å². The Bertz CT molecular complexity index is 733. The maximum absolute atomic E-state index is 12.5. The van der Waals surface area contributed by atoms with E-state index >= 15 is 0 Å². The summed E-state index contributed by atoms with van der Waals surface area (Å²) in [5.41, 5.74) is 1.98. The van der Waals surface area contributed by atoms with E-state index < -0.39 is 5.60 Å². The third-order valence-corrected chi connectivity index (χ3v) is 5.92. The fourth-order valence-corrected chi connectivity index (χ4v) is 3.96. The van der Waals surface area contributed by atoms with Gasteiger partial charge >= 0.3 is 6.09 Å². The van der Waals surface area contributed by atoms with E-state index in [0.717, 1.165) is 5.56 Å². The minimum absolute atomic E-state index is 0.0268. The number of amides is 2. The number of ether oxygens (including phenoxy) is 3. The van der Waals surface area contributed by atoms with Gasteiger partial charge in [0.2, 0.25) is 5.91 Å². The molecule has 0 bridgehead atoms. The molecule has 2 heterocycles. The molecule has 7 nitrogen and oxygen atoms in total. The Morgan fingerprint density at radius 1 is 1.13 bits per heavy atom. The summed E-state index contributed by atoms with van der Waals surface area (Å²) < 4.78 is 16.0. The van der Waals surface area contributed by atoms with Crippen molar-refractivity contribution >= 4 is 12.0 Å². The Morgan fingerprint density at radius 2 is 1.80 bits per heavy atom. The molecular formula is C23H34N2O5. The van der Waals surface area contributed by atoms with Crippen molar-refractivity contribution in [3.05, 3.63) is 35.4 Å². The van der Waals surface area contributed by atoms with Crippen LogP contribution < -0.4 is 0 Å². The monoisotopic (exact) mass is 418 g/mol. The summed E-state index contributed by atoms with van der Waals surface area (Å²) in [7, 11) is 1.60. The van der Waals surface area contributed by atoms with Crippen molar-refractivity contribution in [1.29, 1.82) is 0 Å². The highest BCUT2D eigenvalue weighted by Crippen LogP contribution is 2.34. The lowest BCUT2D eigenvalue weighted by atomic mass is 9.86. The minimum Gasteiger partial charge on any atom is -0.441 e. The second-order valence-electron chi connectivity index (χ2n) is 9.28. The number of carbonyl (C=O) groups is 2. The maximum atomic E-state index is 12.5. The Labute approximate surface area is 179 Å². The molecule has 2 aliphatic rings. The van der Waals surface area contributed by atoms with E-state index in [1.807, 2.05) is 0 Å². The van der Waals surface area contributed by atoms with Crippen LogP contribution in [0.3, 0.4) is 0 Å². The summed E-state index contributed by atoms with van der Waals surface area (Å²) in [6.07, 6.45) is 1.04. The van der Waals surface area contributed by atoms with Crippen LogP contribution in [0.25, 0.3) is 0 Å². The first-order valence-electron chi connectivity index (χ1n) is 10.6. The second kappa shape index (κ2) is 9.35. The summed E-state index contributed by atoms with van der Waals surface area (Å²) in [4.78, 5) is 28.3. The summed E-state index contributed by atoms with van der Waals surface area (Å²) in [5, 5.41) is 0. The number of nitrogens with zero attached hydrogens (tertiary/aromatic N) is 2. The van der Waals surface area contributed by atoms with Crippen molar-refractivity contribution in [2.24, 2.45) is 0 Å². The van der Waals surface area contributed by atoms with E-state index in [0.29, 0.717) is 52.2 Å². The zero-order valence-electron chi connectivity index (χ0n) is 18.6. The van der Waals surface area contributed by atoms with Crippen molar-refractivity contribution in [2.45, 2.75) is 51.2 Å². The second-order valence-corrected chi connectivity index (χ2v) is 9.28. The molecule has 0 atom stereocenters. The quantitative estimate of drug-likeness (QED) is 0.637. The average molecular weight is 419 g/mol. The molecule has 0 saturated carbocycles. The first-order chi connectivity index (χ1) is 14.2. The van der Waals surface area contributed by atoms with Crippen LogP contribution in [0, 0.1) is 0 Å². The number of carbonyl (C=O) groups excluding carboxylic acids is 2. The van der Waals surface area contributed by atoms with Gasteiger partial charge < -0.3 is 19.1 Å². The van der Waals surface area contributed by atoms with Crippen LogP contribution >= 0.6 is 0 Å². The summed E-state index contributed by atoms with van der Waals surface area (Å²) >= 11 is 0. The van der Waals surface area contributed by atoms with Crippen molar-refractivity contribution < 1.29 is 23.8 Å². The first-order valence-corrected chi connectivity index (χ1v) is 10.6. The summed E-state index contributed by atoms with van der Waals surface area (Å²) in [6.45, 7) is 9.77. The number of benzene rings is 1. The Morgan fingerprint density at radius 3 is 2.40 bits per heavy atom. The lowest BCUT2D eigenvalue weighted by molar-refractivity contribution is -0.139. The number of likely N-dealkylation sites (tertiary alicyclic amines) is 1. The van der Waals surface area contributed by atoms with E-state index in [2.05, 4.69) is 45.0 Å². The predicted molar refractivity (Wildman–Crippen MR) is 113 cm³/mol. The average Bonchev–Trinajstić information content (AvgIpc) is 3.00. The number of methoxy groups -OCH3 is 1. The van der Waals surface area contributed by atoms with Gasteiger partial charge in [0.05, 0.1) is 19.8 Å². The minimum atomic E-state index is -0.490. The first kappa shape index (κ1) is 22.6. The van der Waals surface area contributed by atoms with Gasteiger partial charge in [-0.1, -0.05) is 45.0 Å². The van der Waals surface area contributed by atoms with Crippen LogP contribution in [0.1, 0.15) is 44.7 Å². The molecule has 7 heteroatoms. The van der Waals surface area contributed by atoms with Gasteiger partial charge in [-0.3, -0.25) is 9.69 Å². The van der Waals surface area contributed by atoms with E-state index in [4.69, 9.17) is 14.2 Å². The Balaban J connectivity index is 1.50. The Hall–Kier alpha value is -2.12. The lowest BCUT2D eigenvalue weighted by Crippen LogP contribution is -2.49. The molecular weight excluding hydrogens is 384 g/mol. The third-order valence-electron chi connectivity index (χ3n) is 5.92. The molecule has 30 heavy (non-hydrogen) atoms. The fraction of sp³-hybridized carbons (Fsp3) is 0.652. The van der Waals surface area contributed by atoms with Gasteiger partial charge in [-0.25, -0.2) is 4.79 Å². The van der Waals surface area contributed by atoms with Crippen LogP contribution in [0.2, 0.25) is 0 Å². The zero-order chi connectivity index (χ0) is 21.8. The predicted octanol–water partition coefficient (Wildman–Crippen LogP) is 2.96. The summed E-state index contributed by atoms with van der Waals surface area (Å²) in [6, 6.07) is 8.43.